The summed E-state index contributed by atoms with van der Waals surface area (Å²) in [5.74, 6) is 0.693. The number of carbonyl (C=O) groups is 2. The average Bonchev–Trinajstić information content (AvgIpc) is 3.51. The minimum absolute atomic E-state index is 0.0117. The summed E-state index contributed by atoms with van der Waals surface area (Å²) >= 11 is 0. The molecule has 156 valence electrons. The zero-order valence-corrected chi connectivity index (χ0v) is 17.7. The van der Waals surface area contributed by atoms with Gasteiger partial charge in [0.25, 0.3) is 0 Å². The van der Waals surface area contributed by atoms with E-state index in [9.17, 15) is 9.59 Å². The van der Waals surface area contributed by atoms with Gasteiger partial charge in [0.15, 0.2) is 0 Å². The number of aryl methyl sites for hydroxylation is 1. The van der Waals surface area contributed by atoms with Crippen molar-refractivity contribution in [2.45, 2.75) is 45.4 Å². The Hall–Kier alpha value is -2.62. The summed E-state index contributed by atoms with van der Waals surface area (Å²) in [5, 5.41) is 3.07. The van der Waals surface area contributed by atoms with Crippen LogP contribution in [0.1, 0.15) is 44.1 Å². The van der Waals surface area contributed by atoms with Crippen LogP contribution < -0.4 is 5.32 Å². The first kappa shape index (κ1) is 19.3. The molecule has 4 heteroatoms. The summed E-state index contributed by atoms with van der Waals surface area (Å²) in [5.41, 5.74) is 4.78. The molecule has 1 spiro atoms. The topological polar surface area (TPSA) is 49.4 Å². The van der Waals surface area contributed by atoms with Gasteiger partial charge < -0.3 is 10.2 Å². The third-order valence-corrected chi connectivity index (χ3v) is 7.52. The zero-order valence-electron chi connectivity index (χ0n) is 17.7. The number of rotatable bonds is 4. The van der Waals surface area contributed by atoms with E-state index in [1.165, 1.54) is 30.4 Å². The molecule has 3 fully saturated rings. The summed E-state index contributed by atoms with van der Waals surface area (Å²) in [6, 6.07) is 16.5. The van der Waals surface area contributed by atoms with Crippen LogP contribution in [0, 0.1) is 24.2 Å². The van der Waals surface area contributed by atoms with Crippen molar-refractivity contribution in [3.05, 3.63) is 54.1 Å². The molecule has 1 aliphatic heterocycles. The predicted molar refractivity (Wildman–Crippen MR) is 119 cm³/mol. The molecular formula is C26H30N2O2. The van der Waals surface area contributed by atoms with E-state index in [0.29, 0.717) is 11.3 Å². The molecule has 2 aromatic carbocycles. The van der Waals surface area contributed by atoms with Gasteiger partial charge in [0.1, 0.15) is 0 Å². The van der Waals surface area contributed by atoms with Gasteiger partial charge in [-0.05, 0) is 67.7 Å². The van der Waals surface area contributed by atoms with Crippen molar-refractivity contribution < 1.29 is 9.59 Å². The van der Waals surface area contributed by atoms with Crippen molar-refractivity contribution in [3.63, 3.8) is 0 Å². The van der Waals surface area contributed by atoms with Gasteiger partial charge in [0.05, 0.1) is 0 Å². The lowest BCUT2D eigenvalue weighted by Crippen LogP contribution is -2.43. The molecule has 4 nitrogen and oxygen atoms in total. The molecule has 2 saturated carbocycles. The summed E-state index contributed by atoms with van der Waals surface area (Å²) in [4.78, 5) is 27.5. The number of hydrogen-bond donors (Lipinski definition) is 1. The number of nitrogens with one attached hydrogen (secondary N) is 1. The normalized spacial score (nSPS) is 22.4. The van der Waals surface area contributed by atoms with E-state index >= 15 is 0 Å². The van der Waals surface area contributed by atoms with Crippen molar-refractivity contribution in [2.75, 3.05) is 18.4 Å². The van der Waals surface area contributed by atoms with E-state index in [2.05, 4.69) is 48.6 Å². The standard InChI is InChI=1S/C26H30N2O2/c1-18-4-2-5-21(16-18)19-6-8-22(9-7-19)27-24(29)20-10-14-28(15-11-20)25(30)23-17-26(23)12-3-13-26/h2,4-9,16,20,23H,3,10-15,17H2,1H3,(H,27,29). The van der Waals surface area contributed by atoms with E-state index in [0.717, 1.165) is 43.6 Å². The van der Waals surface area contributed by atoms with Crippen molar-refractivity contribution in [2.24, 2.45) is 17.3 Å². The molecule has 2 aliphatic carbocycles. The number of hydrogen-bond acceptors (Lipinski definition) is 2. The largest absolute Gasteiger partial charge is 0.342 e. The van der Waals surface area contributed by atoms with Gasteiger partial charge >= 0.3 is 0 Å². The first-order valence-electron chi connectivity index (χ1n) is 11.3. The number of likely N-dealkylation sites (tertiary alicyclic amines) is 1. The maximum absolute atomic E-state index is 12.7. The van der Waals surface area contributed by atoms with Crippen LogP contribution >= 0.6 is 0 Å². The van der Waals surface area contributed by atoms with Crippen LogP contribution in [0.15, 0.2) is 48.5 Å². The maximum atomic E-state index is 12.7. The Kier molecular flexibility index (Phi) is 4.88. The lowest BCUT2D eigenvalue weighted by atomic mass is 9.79. The quantitative estimate of drug-likeness (QED) is 0.780. The highest BCUT2D eigenvalue weighted by Gasteiger charge is 2.61. The molecule has 2 amide bonds. The van der Waals surface area contributed by atoms with Gasteiger partial charge in [-0.15, -0.1) is 0 Å². The molecule has 0 bridgehead atoms. The third kappa shape index (κ3) is 3.64. The Labute approximate surface area is 178 Å². The van der Waals surface area contributed by atoms with Crippen molar-refractivity contribution in [3.8, 4) is 11.1 Å². The second-order valence-electron chi connectivity index (χ2n) is 9.51. The highest BCUT2D eigenvalue weighted by molar-refractivity contribution is 5.93. The Morgan fingerprint density at radius 2 is 1.73 bits per heavy atom. The van der Waals surface area contributed by atoms with Crippen LogP contribution in [0.5, 0.6) is 0 Å². The molecule has 1 unspecified atom stereocenters. The van der Waals surface area contributed by atoms with E-state index in [1.807, 2.05) is 17.0 Å². The van der Waals surface area contributed by atoms with E-state index in [4.69, 9.17) is 0 Å². The Bertz CT molecular complexity index is 953. The minimum atomic E-state index is -0.0117. The number of carbonyl (C=O) groups excluding carboxylic acids is 2. The highest BCUT2D eigenvalue weighted by Crippen LogP contribution is 2.66. The van der Waals surface area contributed by atoms with Crippen LogP contribution in [0.4, 0.5) is 5.69 Å². The molecule has 0 aromatic heterocycles. The second kappa shape index (κ2) is 7.57. The molecular weight excluding hydrogens is 372 g/mol. The first-order chi connectivity index (χ1) is 14.5. The lowest BCUT2D eigenvalue weighted by Gasteiger charge is -2.33. The Balaban J connectivity index is 1.13. The lowest BCUT2D eigenvalue weighted by molar-refractivity contribution is -0.137. The summed E-state index contributed by atoms with van der Waals surface area (Å²) < 4.78 is 0. The summed E-state index contributed by atoms with van der Waals surface area (Å²) in [6.07, 6.45) is 6.40. The van der Waals surface area contributed by atoms with Gasteiger partial charge in [-0.2, -0.15) is 0 Å². The van der Waals surface area contributed by atoms with E-state index < -0.39 is 0 Å². The Morgan fingerprint density at radius 1 is 1.00 bits per heavy atom. The fraction of sp³-hybridized carbons (Fsp3) is 0.462. The Morgan fingerprint density at radius 3 is 2.33 bits per heavy atom. The molecule has 30 heavy (non-hydrogen) atoms. The van der Waals surface area contributed by atoms with Crippen LogP contribution in [0.3, 0.4) is 0 Å². The van der Waals surface area contributed by atoms with Crippen LogP contribution in [-0.2, 0) is 9.59 Å². The number of nitrogens with zero attached hydrogens (tertiary/aromatic N) is 1. The zero-order chi connectivity index (χ0) is 20.7. The number of piperidine rings is 1. The summed E-state index contributed by atoms with van der Waals surface area (Å²) in [7, 11) is 0. The van der Waals surface area contributed by atoms with Crippen LogP contribution in [0.2, 0.25) is 0 Å². The van der Waals surface area contributed by atoms with Crippen LogP contribution in [-0.4, -0.2) is 29.8 Å². The molecule has 2 aromatic rings. The highest BCUT2D eigenvalue weighted by atomic mass is 16.2. The average molecular weight is 403 g/mol. The van der Waals surface area contributed by atoms with Crippen molar-refractivity contribution in [1.82, 2.24) is 4.90 Å². The molecule has 1 heterocycles. The predicted octanol–water partition coefficient (Wildman–Crippen LogP) is 5.03. The first-order valence-corrected chi connectivity index (χ1v) is 11.3. The number of anilines is 1. The SMILES string of the molecule is Cc1cccc(-c2ccc(NC(=O)C3CCN(C(=O)C4CC45CCC5)CC3)cc2)c1. The van der Waals surface area contributed by atoms with Crippen molar-refractivity contribution in [1.29, 1.82) is 0 Å². The number of benzene rings is 2. The maximum Gasteiger partial charge on any atom is 0.227 e. The van der Waals surface area contributed by atoms with Crippen molar-refractivity contribution >= 4 is 17.5 Å². The molecule has 1 N–H and O–H groups in total. The van der Waals surface area contributed by atoms with Gasteiger partial charge in [-0.1, -0.05) is 48.4 Å². The van der Waals surface area contributed by atoms with Gasteiger partial charge in [0, 0.05) is 30.6 Å². The molecule has 1 atom stereocenters. The fourth-order valence-electron chi connectivity index (χ4n) is 5.28. The van der Waals surface area contributed by atoms with Gasteiger partial charge in [0.2, 0.25) is 11.8 Å². The molecule has 3 aliphatic rings. The monoisotopic (exact) mass is 402 g/mol. The molecule has 5 rings (SSSR count). The molecule has 0 radical (unpaired) electrons. The smallest absolute Gasteiger partial charge is 0.227 e. The summed E-state index contributed by atoms with van der Waals surface area (Å²) in [6.45, 7) is 3.53. The van der Waals surface area contributed by atoms with Crippen LogP contribution in [0.25, 0.3) is 11.1 Å². The van der Waals surface area contributed by atoms with Gasteiger partial charge in [-0.25, -0.2) is 0 Å². The van der Waals surface area contributed by atoms with Gasteiger partial charge in [-0.3, -0.25) is 9.59 Å². The number of amides is 2. The minimum Gasteiger partial charge on any atom is -0.342 e. The third-order valence-electron chi connectivity index (χ3n) is 7.52. The molecule has 1 saturated heterocycles. The fourth-order valence-corrected chi connectivity index (χ4v) is 5.28. The van der Waals surface area contributed by atoms with E-state index in [1.54, 1.807) is 0 Å². The van der Waals surface area contributed by atoms with E-state index in [-0.39, 0.29) is 17.7 Å². The second-order valence-corrected chi connectivity index (χ2v) is 9.51.